The molecule has 1 N–H and O–H groups in total. The molecule has 0 bridgehead atoms. The van der Waals surface area contributed by atoms with Crippen LogP contribution in [0.1, 0.15) is 39.5 Å². The molecule has 0 saturated heterocycles. The van der Waals surface area contributed by atoms with Gasteiger partial charge in [0.15, 0.2) is 0 Å². The minimum absolute atomic E-state index is 0.0597. The highest BCUT2D eigenvalue weighted by atomic mass is 32.1. The average molecular weight is 390 g/mol. The molecular formula is C22H18N2O3S. The van der Waals surface area contributed by atoms with Gasteiger partial charge in [0.05, 0.1) is 10.9 Å². The number of fused-ring (bicyclic) bond motifs is 4. The Labute approximate surface area is 165 Å². The van der Waals surface area contributed by atoms with Gasteiger partial charge in [0.2, 0.25) is 0 Å². The molecule has 0 fully saturated rings. The predicted octanol–water partition coefficient (Wildman–Crippen LogP) is 4.37. The van der Waals surface area contributed by atoms with Crippen LogP contribution in [0.15, 0.2) is 47.3 Å². The highest BCUT2D eigenvalue weighted by Gasteiger charge is 2.20. The maximum absolute atomic E-state index is 12.6. The third-order valence-corrected chi connectivity index (χ3v) is 6.41. The number of hydrogen-bond donors (Lipinski definition) is 1. The molecule has 28 heavy (non-hydrogen) atoms. The van der Waals surface area contributed by atoms with E-state index >= 15 is 0 Å². The Morgan fingerprint density at radius 1 is 1.11 bits per heavy atom. The number of ether oxygens (including phenoxy) is 1. The summed E-state index contributed by atoms with van der Waals surface area (Å²) in [6.45, 7) is -0.0597. The van der Waals surface area contributed by atoms with Crippen molar-refractivity contribution >= 4 is 38.3 Å². The summed E-state index contributed by atoms with van der Waals surface area (Å²) in [6.07, 6.45) is 4.23. The maximum Gasteiger partial charge on any atom is 0.339 e. The van der Waals surface area contributed by atoms with Gasteiger partial charge < -0.3 is 9.72 Å². The van der Waals surface area contributed by atoms with E-state index in [1.807, 2.05) is 36.4 Å². The summed E-state index contributed by atoms with van der Waals surface area (Å²) < 4.78 is 5.46. The number of nitrogens with zero attached hydrogens (tertiary/aromatic N) is 1. The van der Waals surface area contributed by atoms with Crippen molar-refractivity contribution in [3.05, 3.63) is 74.6 Å². The van der Waals surface area contributed by atoms with Crippen LogP contribution in [0, 0.1) is 0 Å². The molecule has 0 saturated carbocycles. The number of H-pyrrole nitrogens is 1. The third-order valence-electron chi connectivity index (χ3n) is 5.22. The Balaban J connectivity index is 1.43. The van der Waals surface area contributed by atoms with Crippen LogP contribution in [-0.2, 0) is 24.2 Å². The van der Waals surface area contributed by atoms with Gasteiger partial charge in [0, 0.05) is 4.88 Å². The Hall–Kier alpha value is -2.99. The molecule has 4 aromatic rings. The van der Waals surface area contributed by atoms with E-state index in [2.05, 4.69) is 9.97 Å². The molecule has 0 radical (unpaired) electrons. The predicted molar refractivity (Wildman–Crippen MR) is 110 cm³/mol. The second-order valence-electron chi connectivity index (χ2n) is 7.01. The fourth-order valence-corrected chi connectivity index (χ4v) is 5.17. The molecule has 0 spiro atoms. The molecule has 0 atom stereocenters. The van der Waals surface area contributed by atoms with Gasteiger partial charge in [0.1, 0.15) is 17.3 Å². The Morgan fingerprint density at radius 3 is 2.86 bits per heavy atom. The number of hydrogen-bond acceptors (Lipinski definition) is 5. The monoisotopic (exact) mass is 390 g/mol. The van der Waals surface area contributed by atoms with Gasteiger partial charge in [-0.1, -0.05) is 36.4 Å². The van der Waals surface area contributed by atoms with E-state index < -0.39 is 5.97 Å². The summed E-state index contributed by atoms with van der Waals surface area (Å²) in [4.78, 5) is 34.6. The van der Waals surface area contributed by atoms with E-state index in [9.17, 15) is 9.59 Å². The molecule has 0 aliphatic heterocycles. The summed E-state index contributed by atoms with van der Waals surface area (Å²) in [5.74, 6) is -0.0466. The molecule has 1 aliphatic rings. The number of benzene rings is 2. The molecule has 2 aromatic heterocycles. The fraction of sp³-hybridized carbons (Fsp3) is 0.227. The van der Waals surface area contributed by atoms with Crippen LogP contribution < -0.4 is 5.56 Å². The quantitative estimate of drug-likeness (QED) is 0.527. The summed E-state index contributed by atoms with van der Waals surface area (Å²) in [5.41, 5.74) is 1.52. The fourth-order valence-electron chi connectivity index (χ4n) is 3.89. The van der Waals surface area contributed by atoms with E-state index in [1.54, 1.807) is 17.4 Å². The summed E-state index contributed by atoms with van der Waals surface area (Å²) in [7, 11) is 0. The SMILES string of the molecule is O=C(OCc1nc2sc3c(c2c(=O)[nH]1)CCCC3)c1cccc2ccccc12. The van der Waals surface area contributed by atoms with Crippen molar-refractivity contribution in [1.82, 2.24) is 9.97 Å². The second-order valence-corrected chi connectivity index (χ2v) is 8.09. The molecule has 5 rings (SSSR count). The summed E-state index contributed by atoms with van der Waals surface area (Å²) in [5, 5.41) is 2.54. The first-order valence-corrected chi connectivity index (χ1v) is 10.2. The molecule has 1 aliphatic carbocycles. The molecule has 5 nitrogen and oxygen atoms in total. The smallest absolute Gasteiger partial charge is 0.339 e. The van der Waals surface area contributed by atoms with Crippen molar-refractivity contribution < 1.29 is 9.53 Å². The van der Waals surface area contributed by atoms with Crippen LogP contribution in [0.4, 0.5) is 0 Å². The Morgan fingerprint density at radius 2 is 1.93 bits per heavy atom. The molecule has 0 amide bonds. The van der Waals surface area contributed by atoms with Crippen LogP contribution in [0.2, 0.25) is 0 Å². The molecule has 0 unspecified atom stereocenters. The Kier molecular flexibility index (Phi) is 4.20. The number of aromatic nitrogens is 2. The van der Waals surface area contributed by atoms with Crippen LogP contribution >= 0.6 is 11.3 Å². The molecule has 140 valence electrons. The van der Waals surface area contributed by atoms with E-state index in [4.69, 9.17) is 4.74 Å². The first-order valence-electron chi connectivity index (χ1n) is 9.39. The van der Waals surface area contributed by atoms with E-state index in [0.29, 0.717) is 16.8 Å². The van der Waals surface area contributed by atoms with Gasteiger partial charge in [-0.25, -0.2) is 9.78 Å². The average Bonchev–Trinajstić information content (AvgIpc) is 3.10. The lowest BCUT2D eigenvalue weighted by molar-refractivity contribution is 0.0465. The topological polar surface area (TPSA) is 72.0 Å². The number of nitrogens with one attached hydrogen (secondary N) is 1. The summed E-state index contributed by atoms with van der Waals surface area (Å²) in [6, 6.07) is 13.2. The zero-order valence-electron chi connectivity index (χ0n) is 15.2. The lowest BCUT2D eigenvalue weighted by Crippen LogP contribution is -2.15. The van der Waals surface area contributed by atoms with Gasteiger partial charge in [-0.15, -0.1) is 11.3 Å². The minimum atomic E-state index is -0.426. The molecule has 2 heterocycles. The van der Waals surface area contributed by atoms with Crippen molar-refractivity contribution in [2.24, 2.45) is 0 Å². The highest BCUT2D eigenvalue weighted by Crippen LogP contribution is 2.33. The van der Waals surface area contributed by atoms with Crippen molar-refractivity contribution in [2.45, 2.75) is 32.3 Å². The van der Waals surface area contributed by atoms with Crippen molar-refractivity contribution in [2.75, 3.05) is 0 Å². The van der Waals surface area contributed by atoms with E-state index in [-0.39, 0.29) is 12.2 Å². The minimum Gasteiger partial charge on any atom is -0.454 e. The lowest BCUT2D eigenvalue weighted by Gasteiger charge is -2.09. The summed E-state index contributed by atoms with van der Waals surface area (Å²) >= 11 is 1.59. The van der Waals surface area contributed by atoms with Crippen molar-refractivity contribution in [1.29, 1.82) is 0 Å². The van der Waals surface area contributed by atoms with Crippen molar-refractivity contribution in [3.8, 4) is 0 Å². The van der Waals surface area contributed by atoms with Crippen LogP contribution in [0.5, 0.6) is 0 Å². The standard InChI is InChI=1S/C22H18N2O3S/c25-20-19-16-9-3-4-11-17(16)28-21(19)24-18(23-20)12-27-22(26)15-10-5-7-13-6-1-2-8-14(13)15/h1-2,5-8,10H,3-4,9,11-12H2,(H,23,24,25). The number of carbonyl (C=O) groups is 1. The van der Waals surface area contributed by atoms with Crippen LogP contribution in [-0.4, -0.2) is 15.9 Å². The number of rotatable bonds is 3. The molecule has 2 aromatic carbocycles. The third kappa shape index (κ3) is 2.90. The second kappa shape index (κ2) is 6.87. The van der Waals surface area contributed by atoms with Gasteiger partial charge in [-0.2, -0.15) is 0 Å². The van der Waals surface area contributed by atoms with Gasteiger partial charge >= 0.3 is 5.97 Å². The number of aryl methyl sites for hydroxylation is 2. The van der Waals surface area contributed by atoms with Gasteiger partial charge in [-0.3, -0.25) is 4.79 Å². The number of carbonyl (C=O) groups excluding carboxylic acids is 1. The molecule has 6 heteroatoms. The number of aromatic amines is 1. The van der Waals surface area contributed by atoms with E-state index in [1.165, 1.54) is 4.88 Å². The molecular weight excluding hydrogens is 372 g/mol. The highest BCUT2D eigenvalue weighted by molar-refractivity contribution is 7.18. The number of thiophene rings is 1. The van der Waals surface area contributed by atoms with Crippen LogP contribution in [0.25, 0.3) is 21.0 Å². The largest absolute Gasteiger partial charge is 0.454 e. The first-order chi connectivity index (χ1) is 13.7. The number of esters is 1. The zero-order chi connectivity index (χ0) is 19.1. The van der Waals surface area contributed by atoms with Crippen LogP contribution in [0.3, 0.4) is 0 Å². The lowest BCUT2D eigenvalue weighted by atomic mass is 9.97. The van der Waals surface area contributed by atoms with E-state index in [0.717, 1.165) is 46.8 Å². The zero-order valence-corrected chi connectivity index (χ0v) is 16.0. The maximum atomic E-state index is 12.6. The van der Waals surface area contributed by atoms with Gasteiger partial charge in [-0.05, 0) is 48.1 Å². The Bertz CT molecular complexity index is 1270. The van der Waals surface area contributed by atoms with Gasteiger partial charge in [0.25, 0.3) is 5.56 Å². The normalized spacial score (nSPS) is 13.6. The first kappa shape index (κ1) is 17.1. The van der Waals surface area contributed by atoms with Crippen molar-refractivity contribution in [3.63, 3.8) is 0 Å².